The van der Waals surface area contributed by atoms with Crippen LogP contribution in [0.1, 0.15) is 12.5 Å². The maximum Gasteiger partial charge on any atom is 0.167 e. The molecule has 5 heteroatoms. The Morgan fingerprint density at radius 2 is 2.06 bits per heavy atom. The molecule has 2 nitrogen and oxygen atoms in total. The van der Waals surface area contributed by atoms with Crippen molar-refractivity contribution in [3.63, 3.8) is 0 Å². The molecule has 0 heterocycles. The monoisotopic (exact) mass is 299 g/mol. The number of thioether (sulfide) groups is 1. The lowest BCUT2D eigenvalue weighted by molar-refractivity contribution is -0.112. The molecule has 18 heavy (non-hydrogen) atoms. The number of halogens is 2. The van der Waals surface area contributed by atoms with Crippen LogP contribution in [-0.2, 0) is 10.5 Å². The summed E-state index contributed by atoms with van der Waals surface area (Å²) in [4.78, 5) is 11.9. The van der Waals surface area contributed by atoms with E-state index in [-0.39, 0.29) is 5.78 Å². The van der Waals surface area contributed by atoms with Gasteiger partial charge in [-0.15, -0.1) is 11.8 Å². The standard InChI is InChI=1S/C13H11Cl2NOS/c1-3-16-7-13(9(2)17)18-8-10-4-11(14)6-12(15)5-10/h1,4-7,16H,8H2,2H3/b13-7-. The Balaban J connectivity index is 2.73. The minimum absolute atomic E-state index is 0.0455. The molecular weight excluding hydrogens is 289 g/mol. The molecule has 1 rings (SSSR count). The first kappa shape index (κ1) is 15.0. The Kier molecular flexibility index (Phi) is 6.14. The summed E-state index contributed by atoms with van der Waals surface area (Å²) >= 11 is 13.2. The van der Waals surface area contributed by atoms with E-state index in [1.807, 2.05) is 12.1 Å². The summed E-state index contributed by atoms with van der Waals surface area (Å²) in [5.41, 5.74) is 0.949. The molecule has 1 aromatic carbocycles. The largest absolute Gasteiger partial charge is 0.321 e. The summed E-state index contributed by atoms with van der Waals surface area (Å²) in [5, 5.41) is 3.71. The average Bonchev–Trinajstić information content (AvgIpc) is 2.27. The molecule has 0 saturated heterocycles. The van der Waals surface area contributed by atoms with Crippen molar-refractivity contribution in [1.29, 1.82) is 0 Å². The second-order valence-electron chi connectivity index (χ2n) is 3.42. The number of Topliss-reactive ketones (excluding diaryl/α,β-unsaturated/α-hetero) is 1. The Bertz CT molecular complexity index is 500. The Hall–Kier alpha value is -1.08. The number of hydrogen-bond donors (Lipinski definition) is 1. The second-order valence-corrected chi connectivity index (χ2v) is 5.31. The molecule has 94 valence electrons. The van der Waals surface area contributed by atoms with Gasteiger partial charge in [0, 0.05) is 28.0 Å². The van der Waals surface area contributed by atoms with Gasteiger partial charge >= 0.3 is 0 Å². The number of ketones is 1. The molecule has 0 fully saturated rings. The van der Waals surface area contributed by atoms with Gasteiger partial charge < -0.3 is 5.32 Å². The first-order valence-corrected chi connectivity index (χ1v) is 6.77. The highest BCUT2D eigenvalue weighted by Gasteiger charge is 2.06. The van der Waals surface area contributed by atoms with E-state index in [0.29, 0.717) is 20.7 Å². The minimum Gasteiger partial charge on any atom is -0.321 e. The van der Waals surface area contributed by atoms with Crippen molar-refractivity contribution in [3.05, 3.63) is 44.9 Å². The summed E-state index contributed by atoms with van der Waals surface area (Å²) in [6.07, 6.45) is 6.58. The molecule has 1 N–H and O–H groups in total. The van der Waals surface area contributed by atoms with Crippen LogP contribution in [0.5, 0.6) is 0 Å². The van der Waals surface area contributed by atoms with E-state index in [4.69, 9.17) is 29.6 Å². The zero-order chi connectivity index (χ0) is 13.5. The molecule has 0 aliphatic heterocycles. The van der Waals surface area contributed by atoms with Gasteiger partial charge in [-0.2, -0.15) is 0 Å². The van der Waals surface area contributed by atoms with Gasteiger partial charge in [-0.1, -0.05) is 29.6 Å². The molecule has 0 amide bonds. The third-order valence-electron chi connectivity index (χ3n) is 1.95. The Morgan fingerprint density at radius 1 is 1.44 bits per heavy atom. The van der Waals surface area contributed by atoms with Crippen LogP contribution in [0.4, 0.5) is 0 Å². The Morgan fingerprint density at radius 3 is 2.56 bits per heavy atom. The molecule has 0 spiro atoms. The van der Waals surface area contributed by atoms with E-state index < -0.39 is 0 Å². The van der Waals surface area contributed by atoms with E-state index in [0.717, 1.165) is 5.56 Å². The summed E-state index contributed by atoms with van der Waals surface area (Å²) in [6, 6.07) is 7.53. The molecule has 0 radical (unpaired) electrons. The fourth-order valence-corrected chi connectivity index (χ4v) is 2.61. The number of terminal acetylenes is 1. The van der Waals surface area contributed by atoms with Crippen molar-refractivity contribution in [3.8, 4) is 12.5 Å². The van der Waals surface area contributed by atoms with E-state index in [9.17, 15) is 4.79 Å². The lowest BCUT2D eigenvalue weighted by Crippen LogP contribution is -2.00. The summed E-state index contributed by atoms with van der Waals surface area (Å²) < 4.78 is 0. The molecule has 0 aliphatic carbocycles. The zero-order valence-electron chi connectivity index (χ0n) is 9.67. The van der Waals surface area contributed by atoms with Crippen LogP contribution in [0.2, 0.25) is 10.0 Å². The van der Waals surface area contributed by atoms with Crippen molar-refractivity contribution >= 4 is 40.7 Å². The van der Waals surface area contributed by atoms with Crippen LogP contribution in [-0.4, -0.2) is 5.78 Å². The molecule has 0 aliphatic rings. The fourth-order valence-electron chi connectivity index (χ4n) is 1.21. The lowest BCUT2D eigenvalue weighted by atomic mass is 10.2. The first-order chi connectivity index (χ1) is 8.52. The molecule has 1 aromatic rings. The normalized spacial score (nSPS) is 10.9. The van der Waals surface area contributed by atoms with Gasteiger partial charge in [0.15, 0.2) is 5.78 Å². The topological polar surface area (TPSA) is 29.1 Å². The molecule has 0 aromatic heterocycles. The van der Waals surface area contributed by atoms with Crippen LogP contribution in [0.25, 0.3) is 0 Å². The van der Waals surface area contributed by atoms with Crippen molar-refractivity contribution in [2.75, 3.05) is 0 Å². The van der Waals surface area contributed by atoms with E-state index in [1.54, 1.807) is 6.07 Å². The smallest absolute Gasteiger partial charge is 0.167 e. The number of allylic oxidation sites excluding steroid dienone is 1. The molecule has 0 unspecified atom stereocenters. The number of nitrogens with one attached hydrogen (secondary N) is 1. The van der Waals surface area contributed by atoms with Crippen molar-refractivity contribution in [2.45, 2.75) is 12.7 Å². The van der Waals surface area contributed by atoms with Gasteiger partial charge in [-0.3, -0.25) is 4.79 Å². The van der Waals surface area contributed by atoms with Crippen LogP contribution < -0.4 is 5.32 Å². The maximum atomic E-state index is 11.4. The van der Waals surface area contributed by atoms with Gasteiger partial charge in [0.2, 0.25) is 0 Å². The highest BCUT2D eigenvalue weighted by atomic mass is 35.5. The van der Waals surface area contributed by atoms with E-state index >= 15 is 0 Å². The van der Waals surface area contributed by atoms with Crippen molar-refractivity contribution in [2.24, 2.45) is 0 Å². The van der Waals surface area contributed by atoms with Crippen LogP contribution >= 0.6 is 35.0 Å². The van der Waals surface area contributed by atoms with Gasteiger partial charge in [0.05, 0.1) is 4.91 Å². The average molecular weight is 300 g/mol. The van der Waals surface area contributed by atoms with Crippen molar-refractivity contribution < 1.29 is 4.79 Å². The minimum atomic E-state index is -0.0455. The number of benzene rings is 1. The number of hydrogen-bond acceptors (Lipinski definition) is 3. The summed E-state index contributed by atoms with van der Waals surface area (Å²) in [6.45, 7) is 1.49. The van der Waals surface area contributed by atoms with Crippen LogP contribution in [0, 0.1) is 12.5 Å². The molecular formula is C13H11Cl2NOS. The van der Waals surface area contributed by atoms with E-state index in [2.05, 4.69) is 11.4 Å². The number of carbonyl (C=O) groups is 1. The molecule has 0 bridgehead atoms. The van der Waals surface area contributed by atoms with Gasteiger partial charge in [-0.05, 0) is 30.7 Å². The van der Waals surface area contributed by atoms with Crippen LogP contribution in [0.3, 0.4) is 0 Å². The van der Waals surface area contributed by atoms with E-state index in [1.165, 1.54) is 24.9 Å². The predicted molar refractivity (Wildman–Crippen MR) is 78.5 cm³/mol. The first-order valence-electron chi connectivity index (χ1n) is 5.03. The van der Waals surface area contributed by atoms with Gasteiger partial charge in [-0.25, -0.2) is 0 Å². The highest BCUT2D eigenvalue weighted by Crippen LogP contribution is 2.26. The molecule has 0 saturated carbocycles. The third kappa shape index (κ3) is 5.05. The van der Waals surface area contributed by atoms with Crippen LogP contribution in [0.15, 0.2) is 29.3 Å². The van der Waals surface area contributed by atoms with Crippen molar-refractivity contribution in [1.82, 2.24) is 5.32 Å². The Labute approximate surface area is 121 Å². The summed E-state index contributed by atoms with van der Waals surface area (Å²) in [5.74, 6) is 0.550. The second kappa shape index (κ2) is 7.38. The zero-order valence-corrected chi connectivity index (χ0v) is 12.0. The predicted octanol–water partition coefficient (Wildman–Crippen LogP) is 3.84. The quantitative estimate of drug-likeness (QED) is 0.509. The maximum absolute atomic E-state index is 11.4. The SMILES string of the molecule is C#CN/C=C(\SCc1cc(Cl)cc(Cl)c1)C(C)=O. The molecule has 0 atom stereocenters. The third-order valence-corrected chi connectivity index (χ3v) is 3.58. The highest BCUT2D eigenvalue weighted by molar-refractivity contribution is 8.03. The van der Waals surface area contributed by atoms with Gasteiger partial charge in [0.1, 0.15) is 0 Å². The number of rotatable bonds is 5. The number of carbonyl (C=O) groups excluding carboxylic acids is 1. The van der Waals surface area contributed by atoms with Gasteiger partial charge in [0.25, 0.3) is 0 Å². The fraction of sp³-hybridized carbons (Fsp3) is 0.154. The summed E-state index contributed by atoms with van der Waals surface area (Å²) in [7, 11) is 0. The lowest BCUT2D eigenvalue weighted by Gasteiger charge is -2.05.